The van der Waals surface area contributed by atoms with Crippen molar-refractivity contribution in [2.75, 3.05) is 23.1 Å². The maximum atomic E-state index is 13.4. The number of thioether (sulfide) groups is 1. The van der Waals surface area contributed by atoms with E-state index in [4.69, 9.17) is 16.3 Å². The van der Waals surface area contributed by atoms with Crippen LogP contribution in [0.4, 0.5) is 20.2 Å². The van der Waals surface area contributed by atoms with E-state index in [9.17, 15) is 18.4 Å². The molecule has 0 radical (unpaired) electrons. The van der Waals surface area contributed by atoms with Crippen molar-refractivity contribution in [1.82, 2.24) is 0 Å². The number of aryl methyl sites for hydroxylation is 1. The number of aliphatic imine (C=N–C) groups is 1. The molecule has 0 atom stereocenters. The number of halogens is 3. The van der Waals surface area contributed by atoms with Gasteiger partial charge in [-0.05, 0) is 72.7 Å². The number of anilines is 2. The molecule has 11 heteroatoms. The highest BCUT2D eigenvalue weighted by Gasteiger charge is 2.32. The molecule has 0 unspecified atom stereocenters. The number of rotatable bonds is 8. The van der Waals surface area contributed by atoms with Crippen molar-refractivity contribution in [2.24, 2.45) is 4.99 Å². The summed E-state index contributed by atoms with van der Waals surface area (Å²) in [7, 11) is 1.56. The molecule has 3 aromatic carbocycles. The molecule has 1 N–H and O–H groups in total. The minimum Gasteiger partial charge on any atom is -0.497 e. The third-order valence-corrected chi connectivity index (χ3v) is 6.55. The number of carbonyl (C=O) groups excluding carboxylic acids is 2. The molecule has 1 heterocycles. The number of hydrogen-bond acceptors (Lipinski definition) is 6. The number of alkyl halides is 2. The number of amidine groups is 1. The van der Waals surface area contributed by atoms with Crippen LogP contribution in [-0.2, 0) is 9.59 Å². The number of nitrogens with one attached hydrogen (secondary N) is 1. The number of hydrogen-bond donors (Lipinski definition) is 1. The fourth-order valence-corrected chi connectivity index (χ4v) is 4.49. The molecule has 2 amide bonds. The average Bonchev–Trinajstić information content (AvgIpc) is 3.20. The van der Waals surface area contributed by atoms with Crippen LogP contribution in [0.15, 0.2) is 77.4 Å². The van der Waals surface area contributed by atoms with E-state index >= 15 is 0 Å². The first kappa shape index (κ1) is 27.2. The van der Waals surface area contributed by atoms with E-state index in [-0.39, 0.29) is 28.3 Å². The zero-order chi connectivity index (χ0) is 27.2. The van der Waals surface area contributed by atoms with Gasteiger partial charge in [0.15, 0.2) is 5.17 Å². The second kappa shape index (κ2) is 12.1. The molecule has 196 valence electrons. The highest BCUT2D eigenvalue weighted by atomic mass is 35.5. The van der Waals surface area contributed by atoms with E-state index in [1.165, 1.54) is 29.2 Å². The third-order valence-electron chi connectivity index (χ3n) is 5.37. The van der Waals surface area contributed by atoms with Crippen molar-refractivity contribution in [3.8, 4) is 11.5 Å². The summed E-state index contributed by atoms with van der Waals surface area (Å²) in [6.07, 6.45) is 1.62. The zero-order valence-electron chi connectivity index (χ0n) is 20.3. The second-order valence-corrected chi connectivity index (χ2v) is 9.39. The van der Waals surface area contributed by atoms with Gasteiger partial charge < -0.3 is 14.8 Å². The van der Waals surface area contributed by atoms with Gasteiger partial charge in [0.2, 0.25) is 5.91 Å². The molecule has 38 heavy (non-hydrogen) atoms. The van der Waals surface area contributed by atoms with Crippen LogP contribution in [0.3, 0.4) is 0 Å². The monoisotopic (exact) mass is 557 g/mol. The fraction of sp³-hybridized carbons (Fsp3) is 0.148. The molecule has 3 aromatic rings. The maximum absolute atomic E-state index is 13.4. The van der Waals surface area contributed by atoms with Crippen molar-refractivity contribution >= 4 is 57.8 Å². The lowest BCUT2D eigenvalue weighted by Crippen LogP contribution is -2.31. The number of carbonyl (C=O) groups is 2. The molecule has 0 aliphatic carbocycles. The summed E-state index contributed by atoms with van der Waals surface area (Å²) < 4.78 is 34.7. The predicted octanol–water partition coefficient (Wildman–Crippen LogP) is 6.37. The number of amides is 2. The van der Waals surface area contributed by atoms with Crippen LogP contribution in [0.5, 0.6) is 11.5 Å². The van der Waals surface area contributed by atoms with Crippen LogP contribution < -0.4 is 19.7 Å². The highest BCUT2D eigenvalue weighted by molar-refractivity contribution is 8.14. The smallest absolute Gasteiger partial charge is 0.387 e. The van der Waals surface area contributed by atoms with Crippen molar-refractivity contribution in [3.05, 3.63) is 88.6 Å². The summed E-state index contributed by atoms with van der Waals surface area (Å²) >= 11 is 7.10. The van der Waals surface area contributed by atoms with Crippen molar-refractivity contribution in [2.45, 2.75) is 13.5 Å². The fourth-order valence-electron chi connectivity index (χ4n) is 3.50. The van der Waals surface area contributed by atoms with Crippen LogP contribution in [-0.4, -0.2) is 36.5 Å². The Bertz CT molecular complexity index is 1400. The van der Waals surface area contributed by atoms with Gasteiger partial charge in [0.05, 0.1) is 18.6 Å². The van der Waals surface area contributed by atoms with E-state index in [0.717, 1.165) is 22.9 Å². The molecule has 4 rings (SSSR count). The first-order chi connectivity index (χ1) is 18.2. The number of ether oxygens (including phenoxy) is 2. The molecular weight excluding hydrogens is 536 g/mol. The number of methoxy groups -OCH3 is 1. The lowest BCUT2D eigenvalue weighted by molar-refractivity contribution is -0.114. The van der Waals surface area contributed by atoms with Crippen LogP contribution in [0.25, 0.3) is 6.08 Å². The lowest BCUT2D eigenvalue weighted by atomic mass is 10.2. The summed E-state index contributed by atoms with van der Waals surface area (Å²) in [5, 5.41) is 3.56. The molecule has 0 saturated heterocycles. The third kappa shape index (κ3) is 6.70. The number of nitrogens with zero attached hydrogens (tertiary/aromatic N) is 2. The molecular formula is C27H22ClF2N3O4S. The second-order valence-electron chi connectivity index (χ2n) is 8.01. The Morgan fingerprint density at radius 1 is 1.11 bits per heavy atom. The van der Waals surface area contributed by atoms with Crippen molar-refractivity contribution in [3.63, 3.8) is 0 Å². The Morgan fingerprint density at radius 3 is 2.45 bits per heavy atom. The molecule has 7 nitrogen and oxygen atoms in total. The molecule has 0 fully saturated rings. The molecule has 0 aromatic heterocycles. The Kier molecular flexibility index (Phi) is 8.65. The molecule has 0 bridgehead atoms. The van der Waals surface area contributed by atoms with E-state index in [1.54, 1.807) is 55.7 Å². The van der Waals surface area contributed by atoms with E-state index in [0.29, 0.717) is 22.1 Å². The summed E-state index contributed by atoms with van der Waals surface area (Å²) in [4.78, 5) is 31.9. The van der Waals surface area contributed by atoms with Gasteiger partial charge in [-0.2, -0.15) is 8.78 Å². The van der Waals surface area contributed by atoms with Gasteiger partial charge in [-0.15, -0.1) is 0 Å². The topological polar surface area (TPSA) is 80.2 Å². The average molecular weight is 558 g/mol. The van der Waals surface area contributed by atoms with Gasteiger partial charge in [-0.25, -0.2) is 4.99 Å². The quantitative estimate of drug-likeness (QED) is 0.325. The first-order valence-corrected chi connectivity index (χ1v) is 12.6. The van der Waals surface area contributed by atoms with Gasteiger partial charge in [0.1, 0.15) is 17.2 Å². The van der Waals surface area contributed by atoms with Crippen molar-refractivity contribution in [1.29, 1.82) is 0 Å². The summed E-state index contributed by atoms with van der Waals surface area (Å²) in [6, 6.07) is 17.8. The van der Waals surface area contributed by atoms with Crippen LogP contribution >= 0.6 is 23.4 Å². The minimum absolute atomic E-state index is 0.0447. The summed E-state index contributed by atoms with van der Waals surface area (Å²) in [6.45, 7) is -1.12. The Balaban J connectivity index is 1.57. The van der Waals surface area contributed by atoms with Crippen molar-refractivity contribution < 1.29 is 27.8 Å². The van der Waals surface area contributed by atoms with E-state index < -0.39 is 12.5 Å². The Morgan fingerprint density at radius 2 is 1.79 bits per heavy atom. The van der Waals surface area contributed by atoms with Gasteiger partial charge in [-0.1, -0.05) is 41.6 Å². The standard InChI is InChI=1S/C27H22ClF2N3O4S/c1-16-3-6-18(28)14-22(16)31-24(34)15-38-27-32-23(13-17-4-9-20(36-2)10-5-17)25(35)33(27)19-7-11-21(12-8-19)37-26(29)30/h3-14,26H,15H2,1-2H3,(H,31,34). The predicted molar refractivity (Wildman–Crippen MR) is 146 cm³/mol. The largest absolute Gasteiger partial charge is 0.497 e. The van der Waals surface area contributed by atoms with Gasteiger partial charge >= 0.3 is 6.61 Å². The lowest BCUT2D eigenvalue weighted by Gasteiger charge is -2.18. The molecule has 1 aliphatic rings. The molecule has 0 saturated carbocycles. The normalized spacial score (nSPS) is 14.2. The summed E-state index contributed by atoms with van der Waals surface area (Å²) in [5.74, 6) is -0.178. The van der Waals surface area contributed by atoms with E-state index in [1.807, 2.05) is 6.92 Å². The summed E-state index contributed by atoms with van der Waals surface area (Å²) in [5.41, 5.74) is 2.68. The Hall–Kier alpha value is -3.89. The zero-order valence-corrected chi connectivity index (χ0v) is 21.9. The number of benzene rings is 3. The first-order valence-electron chi connectivity index (χ1n) is 11.3. The van der Waals surface area contributed by atoms with E-state index in [2.05, 4.69) is 15.0 Å². The molecule has 0 spiro atoms. The van der Waals surface area contributed by atoms with Crippen LogP contribution in [0, 0.1) is 6.92 Å². The van der Waals surface area contributed by atoms with Gasteiger partial charge in [-0.3, -0.25) is 14.5 Å². The maximum Gasteiger partial charge on any atom is 0.387 e. The van der Waals surface area contributed by atoms with Crippen LogP contribution in [0.2, 0.25) is 5.02 Å². The SMILES string of the molecule is COc1ccc(C=C2N=C(SCC(=O)Nc3cc(Cl)ccc3C)N(c3ccc(OC(F)F)cc3)C2=O)cc1. The van der Waals surface area contributed by atoms with Crippen LogP contribution in [0.1, 0.15) is 11.1 Å². The Labute approximate surface area is 227 Å². The minimum atomic E-state index is -2.97. The highest BCUT2D eigenvalue weighted by Crippen LogP contribution is 2.31. The molecule has 1 aliphatic heterocycles. The van der Waals surface area contributed by atoms with Gasteiger partial charge in [0.25, 0.3) is 5.91 Å². The van der Waals surface area contributed by atoms with Gasteiger partial charge in [0, 0.05) is 10.7 Å².